The third kappa shape index (κ3) is 4.51. The Balaban J connectivity index is 0.00000242. The Kier molecular flexibility index (Phi) is 6.95. The number of amides is 1. The second kappa shape index (κ2) is 8.46. The minimum Gasteiger partial charge on any atom is -0.320 e. The molecule has 22 heavy (non-hydrogen) atoms. The zero-order chi connectivity index (χ0) is 15.2. The minimum absolute atomic E-state index is 0. The molecule has 0 saturated carbocycles. The molecule has 0 saturated heterocycles. The molecule has 6 heteroatoms. The van der Waals surface area contributed by atoms with Crippen LogP contribution in [-0.4, -0.2) is 23.1 Å². The highest BCUT2D eigenvalue weighted by atomic mass is 35.5. The Morgan fingerprint density at radius 1 is 1.45 bits per heavy atom. The molecule has 2 aromatic rings. The van der Waals surface area contributed by atoms with Gasteiger partial charge < -0.3 is 5.73 Å². The van der Waals surface area contributed by atoms with Crippen LogP contribution in [0.1, 0.15) is 25.8 Å². The smallest absolute Gasteiger partial charge is 0.257 e. The Morgan fingerprint density at radius 3 is 2.95 bits per heavy atom. The molecule has 1 heterocycles. The van der Waals surface area contributed by atoms with Gasteiger partial charge in [0.2, 0.25) is 0 Å². The number of aromatic nitrogens is 1. The van der Waals surface area contributed by atoms with E-state index in [2.05, 4.69) is 15.5 Å². The molecule has 1 unspecified atom stereocenters. The fourth-order valence-corrected chi connectivity index (χ4v) is 1.93. The van der Waals surface area contributed by atoms with Crippen molar-refractivity contribution in [2.24, 2.45) is 16.8 Å². The first-order valence-corrected chi connectivity index (χ1v) is 7.05. The maximum Gasteiger partial charge on any atom is 0.257 e. The summed E-state index contributed by atoms with van der Waals surface area (Å²) in [6, 6.07) is 9.12. The van der Waals surface area contributed by atoms with Gasteiger partial charge in [0.05, 0.1) is 17.8 Å². The van der Waals surface area contributed by atoms with Gasteiger partial charge in [0.1, 0.15) is 0 Å². The first-order chi connectivity index (χ1) is 10.1. The first kappa shape index (κ1) is 18.1. The number of nitrogens with two attached hydrogens (primary N) is 1. The lowest BCUT2D eigenvalue weighted by molar-refractivity contribution is -0.123. The van der Waals surface area contributed by atoms with E-state index in [-0.39, 0.29) is 24.2 Å². The summed E-state index contributed by atoms with van der Waals surface area (Å²) < 4.78 is 0. The van der Waals surface area contributed by atoms with Gasteiger partial charge in [-0.25, -0.2) is 5.43 Å². The fraction of sp³-hybridized carbons (Fsp3) is 0.312. The number of pyridine rings is 1. The van der Waals surface area contributed by atoms with Gasteiger partial charge in [-0.1, -0.05) is 32.4 Å². The van der Waals surface area contributed by atoms with Crippen LogP contribution in [0.2, 0.25) is 0 Å². The molecule has 1 aromatic carbocycles. The number of carbonyl (C=O) groups is 1. The van der Waals surface area contributed by atoms with E-state index in [0.29, 0.717) is 0 Å². The Morgan fingerprint density at radius 2 is 2.23 bits per heavy atom. The maximum absolute atomic E-state index is 11.8. The standard InChI is InChI=1S/C16H20N4O.ClH/c1-3-11(2)15(17)16(21)20-19-10-12-6-7-14-13(9-12)5-4-8-18-14;/h4-11,15H,3,17H2,1-2H3,(H,20,21);1H/t11?,15-;/m1./s1. The van der Waals surface area contributed by atoms with Crippen molar-refractivity contribution in [1.82, 2.24) is 10.4 Å². The van der Waals surface area contributed by atoms with Gasteiger partial charge >= 0.3 is 0 Å². The van der Waals surface area contributed by atoms with Crippen molar-refractivity contribution >= 4 is 35.4 Å². The molecular weight excluding hydrogens is 300 g/mol. The molecule has 118 valence electrons. The van der Waals surface area contributed by atoms with E-state index in [0.717, 1.165) is 22.9 Å². The van der Waals surface area contributed by atoms with Crippen molar-refractivity contribution in [3.8, 4) is 0 Å². The topological polar surface area (TPSA) is 80.4 Å². The number of hydrogen-bond donors (Lipinski definition) is 2. The molecule has 3 N–H and O–H groups in total. The Bertz CT molecular complexity index is 659. The lowest BCUT2D eigenvalue weighted by Gasteiger charge is -2.15. The van der Waals surface area contributed by atoms with Crippen LogP contribution in [0.3, 0.4) is 0 Å². The molecule has 0 bridgehead atoms. The highest BCUT2D eigenvalue weighted by Crippen LogP contribution is 2.11. The van der Waals surface area contributed by atoms with Crippen molar-refractivity contribution in [3.05, 3.63) is 42.1 Å². The van der Waals surface area contributed by atoms with Crippen molar-refractivity contribution in [1.29, 1.82) is 0 Å². The summed E-state index contributed by atoms with van der Waals surface area (Å²) in [7, 11) is 0. The van der Waals surface area contributed by atoms with Crippen molar-refractivity contribution in [2.45, 2.75) is 26.3 Å². The van der Waals surface area contributed by atoms with Gasteiger partial charge in [0.25, 0.3) is 5.91 Å². The van der Waals surface area contributed by atoms with Crippen LogP contribution >= 0.6 is 12.4 Å². The Labute approximate surface area is 136 Å². The van der Waals surface area contributed by atoms with E-state index in [1.165, 1.54) is 0 Å². The molecule has 0 aliphatic carbocycles. The van der Waals surface area contributed by atoms with Crippen LogP contribution in [0.5, 0.6) is 0 Å². The van der Waals surface area contributed by atoms with E-state index >= 15 is 0 Å². The molecular formula is C16H21ClN4O. The minimum atomic E-state index is -0.534. The average Bonchev–Trinajstić information content (AvgIpc) is 2.53. The first-order valence-electron chi connectivity index (χ1n) is 7.05. The van der Waals surface area contributed by atoms with E-state index in [1.54, 1.807) is 12.4 Å². The monoisotopic (exact) mass is 320 g/mol. The molecule has 0 aliphatic rings. The molecule has 0 aliphatic heterocycles. The van der Waals surface area contributed by atoms with Crippen molar-refractivity contribution < 1.29 is 4.79 Å². The van der Waals surface area contributed by atoms with E-state index in [1.807, 2.05) is 44.2 Å². The van der Waals surface area contributed by atoms with Gasteiger partial charge in [-0.3, -0.25) is 9.78 Å². The zero-order valence-corrected chi connectivity index (χ0v) is 13.5. The van der Waals surface area contributed by atoms with E-state index < -0.39 is 6.04 Å². The molecule has 2 atom stereocenters. The molecule has 1 aromatic heterocycles. The second-order valence-electron chi connectivity index (χ2n) is 5.10. The molecule has 5 nitrogen and oxygen atoms in total. The highest BCUT2D eigenvalue weighted by Gasteiger charge is 2.18. The zero-order valence-electron chi connectivity index (χ0n) is 12.7. The molecule has 0 spiro atoms. The normalized spacial score (nSPS) is 13.6. The molecule has 0 fully saturated rings. The summed E-state index contributed by atoms with van der Waals surface area (Å²) in [5, 5.41) is 4.99. The number of rotatable bonds is 5. The molecule has 2 rings (SSSR count). The van der Waals surface area contributed by atoms with Crippen LogP contribution in [0, 0.1) is 5.92 Å². The molecule has 0 radical (unpaired) electrons. The molecule has 1 amide bonds. The number of nitrogens with one attached hydrogen (secondary N) is 1. The number of benzene rings is 1. The Hall–Kier alpha value is -1.98. The van der Waals surface area contributed by atoms with Gasteiger partial charge in [-0.2, -0.15) is 5.10 Å². The van der Waals surface area contributed by atoms with Crippen LogP contribution < -0.4 is 11.2 Å². The number of nitrogens with zero attached hydrogens (tertiary/aromatic N) is 2. The summed E-state index contributed by atoms with van der Waals surface area (Å²) in [4.78, 5) is 16.0. The van der Waals surface area contributed by atoms with E-state index in [9.17, 15) is 4.79 Å². The van der Waals surface area contributed by atoms with Gasteiger partial charge in [0.15, 0.2) is 0 Å². The third-order valence-corrected chi connectivity index (χ3v) is 3.58. The van der Waals surface area contributed by atoms with Crippen LogP contribution in [0.25, 0.3) is 10.9 Å². The van der Waals surface area contributed by atoms with Gasteiger partial charge in [0, 0.05) is 11.6 Å². The lowest BCUT2D eigenvalue weighted by atomic mass is 10.00. The van der Waals surface area contributed by atoms with Gasteiger partial charge in [-0.15, -0.1) is 12.4 Å². The van der Waals surface area contributed by atoms with Crippen LogP contribution in [-0.2, 0) is 4.79 Å². The SMILES string of the molecule is CCC(C)[C@@H](N)C(=O)NN=Cc1ccc2ncccc2c1.Cl. The summed E-state index contributed by atoms with van der Waals surface area (Å²) in [5.74, 6) is -0.130. The quantitative estimate of drug-likeness (QED) is 0.656. The largest absolute Gasteiger partial charge is 0.320 e. The predicted molar refractivity (Wildman–Crippen MR) is 92.2 cm³/mol. The lowest BCUT2D eigenvalue weighted by Crippen LogP contribution is -2.42. The second-order valence-corrected chi connectivity index (χ2v) is 5.10. The summed E-state index contributed by atoms with van der Waals surface area (Å²) in [5.41, 5.74) is 10.1. The number of fused-ring (bicyclic) bond motifs is 1. The number of hydrogen-bond acceptors (Lipinski definition) is 4. The number of halogens is 1. The van der Waals surface area contributed by atoms with Crippen molar-refractivity contribution in [2.75, 3.05) is 0 Å². The summed E-state index contributed by atoms with van der Waals surface area (Å²) in [6.07, 6.45) is 4.22. The average molecular weight is 321 g/mol. The summed E-state index contributed by atoms with van der Waals surface area (Å²) in [6.45, 7) is 3.95. The van der Waals surface area contributed by atoms with Crippen LogP contribution in [0.15, 0.2) is 41.6 Å². The number of carbonyl (C=O) groups excluding carboxylic acids is 1. The number of hydrazone groups is 1. The maximum atomic E-state index is 11.8. The predicted octanol–water partition coefficient (Wildman–Crippen LogP) is 2.48. The third-order valence-electron chi connectivity index (χ3n) is 3.58. The summed E-state index contributed by atoms with van der Waals surface area (Å²) >= 11 is 0. The van der Waals surface area contributed by atoms with Crippen molar-refractivity contribution in [3.63, 3.8) is 0 Å². The van der Waals surface area contributed by atoms with E-state index in [4.69, 9.17) is 5.73 Å². The fourth-order valence-electron chi connectivity index (χ4n) is 1.93. The van der Waals surface area contributed by atoms with Crippen LogP contribution in [0.4, 0.5) is 0 Å². The highest BCUT2D eigenvalue weighted by molar-refractivity contribution is 5.89. The van der Waals surface area contributed by atoms with Gasteiger partial charge in [-0.05, 0) is 29.7 Å².